The monoisotopic (exact) mass is 1320 g/mol. The molecule has 11 rings (SSSR count). The van der Waals surface area contributed by atoms with E-state index in [1.165, 1.54) is 0 Å². The van der Waals surface area contributed by atoms with Gasteiger partial charge in [0.15, 0.2) is 8.32 Å². The Balaban J connectivity index is 0.999. The summed E-state index contributed by atoms with van der Waals surface area (Å²) in [7, 11) is -8.66. The van der Waals surface area contributed by atoms with Gasteiger partial charge in [-0.2, -0.15) is 0 Å². The van der Waals surface area contributed by atoms with E-state index in [1.54, 1.807) is 0 Å². The molecule has 7 heterocycles. The molecule has 14 heteroatoms. The van der Waals surface area contributed by atoms with Crippen LogP contribution in [-0.2, 0) is 46.5 Å². The van der Waals surface area contributed by atoms with Crippen molar-refractivity contribution in [1.82, 2.24) is 0 Å². The van der Waals surface area contributed by atoms with Crippen molar-refractivity contribution in [3.63, 3.8) is 0 Å². The first-order valence-corrected chi connectivity index (χ1v) is 42.2. The topological polar surface area (TPSA) is 120 Å². The minimum absolute atomic E-state index is 0.00488. The highest BCUT2D eigenvalue weighted by molar-refractivity contribution is 7.00. The summed E-state index contributed by atoms with van der Waals surface area (Å²) >= 11 is 0. The van der Waals surface area contributed by atoms with Crippen molar-refractivity contribution in [3.8, 4) is 0 Å². The van der Waals surface area contributed by atoms with Crippen molar-refractivity contribution in [3.05, 3.63) is 158 Å². The Kier molecular flexibility index (Phi) is 21.5. The van der Waals surface area contributed by atoms with Crippen LogP contribution in [0.3, 0.4) is 0 Å². The molecule has 4 aromatic carbocycles. The van der Waals surface area contributed by atoms with Gasteiger partial charge >= 0.3 is 0 Å². The van der Waals surface area contributed by atoms with Crippen LogP contribution in [0.15, 0.2) is 158 Å². The van der Waals surface area contributed by atoms with Crippen LogP contribution in [0.25, 0.3) is 0 Å². The molecule has 4 unspecified atom stereocenters. The molecule has 19 atom stereocenters. The van der Waals surface area contributed by atoms with Gasteiger partial charge in [-0.3, -0.25) is 4.79 Å². The molecule has 0 aliphatic carbocycles. The maximum atomic E-state index is 15.4. The summed E-state index contributed by atoms with van der Waals surface area (Å²) in [6, 6.07) is 43.1. The number of hydrogen-bond acceptors (Lipinski definition) is 11. The Labute approximate surface area is 561 Å². The number of Topliss-reactive ketones (excluding diaryl/α,β-unsaturated/α-hetero) is 1. The van der Waals surface area contributed by atoms with E-state index < -0.39 is 84.9 Å². The molecule has 4 aromatic rings. The molecule has 0 aromatic heterocycles. The normalized spacial score (nSPS) is 34.2. The Bertz CT molecular complexity index is 3100. The van der Waals surface area contributed by atoms with Crippen molar-refractivity contribution >= 4 is 51.5 Å². The van der Waals surface area contributed by atoms with Gasteiger partial charge in [0.2, 0.25) is 0 Å². The molecular weight excluding hydrogens is 1210 g/mol. The summed E-state index contributed by atoms with van der Waals surface area (Å²) in [5.74, 6) is 0.777. The highest BCUT2D eigenvalue weighted by Crippen LogP contribution is 2.50. The summed E-state index contributed by atoms with van der Waals surface area (Å²) in [4.78, 5) is 15.4. The first-order chi connectivity index (χ1) is 44.1. The number of hydrogen-bond donors (Lipinski definition) is 1. The summed E-state index contributed by atoms with van der Waals surface area (Å²) in [6.07, 6.45) is 4.13. The van der Waals surface area contributed by atoms with Crippen molar-refractivity contribution < 1.29 is 51.6 Å². The van der Waals surface area contributed by atoms with Crippen LogP contribution in [0.1, 0.15) is 154 Å². The third-order valence-electron chi connectivity index (χ3n) is 22.9. The number of ketones is 1. The lowest BCUT2D eigenvalue weighted by atomic mass is 9.78. The largest absolute Gasteiger partial charge is 0.417 e. The van der Waals surface area contributed by atoms with E-state index in [2.05, 4.69) is 231 Å². The molecule has 8 bridgehead atoms. The summed E-state index contributed by atoms with van der Waals surface area (Å²) in [5, 5.41) is 16.5. The number of benzene rings is 4. The third kappa shape index (κ3) is 14.8. The van der Waals surface area contributed by atoms with Gasteiger partial charge in [0.1, 0.15) is 36.3 Å². The minimum Gasteiger partial charge on any atom is -0.417 e. The van der Waals surface area contributed by atoms with Gasteiger partial charge < -0.3 is 46.8 Å². The van der Waals surface area contributed by atoms with E-state index in [0.717, 1.165) is 57.6 Å². The van der Waals surface area contributed by atoms with Crippen LogP contribution in [0.2, 0.25) is 28.2 Å². The molecule has 7 aliphatic rings. The first kappa shape index (κ1) is 70.3. The van der Waals surface area contributed by atoms with E-state index >= 15 is 4.79 Å². The summed E-state index contributed by atoms with van der Waals surface area (Å²) in [5.41, 5.74) is 2.16. The molecule has 6 fully saturated rings. The van der Waals surface area contributed by atoms with Crippen molar-refractivity contribution in [2.24, 2.45) is 23.7 Å². The number of aliphatic hydroxyl groups is 1. The van der Waals surface area contributed by atoms with E-state index in [4.69, 9.17) is 41.7 Å². The lowest BCUT2D eigenvalue weighted by molar-refractivity contribution is -0.254. The maximum Gasteiger partial charge on any atom is 0.261 e. The van der Waals surface area contributed by atoms with Crippen molar-refractivity contribution in [2.75, 3.05) is 6.61 Å². The standard InChI is InChI=1S/C79H112O11Si3/c1-51(50-82-91(15,16)77(6,7)8)43-68-55(5)65-47-57(81)46-60-40-42-67-72(85-60)76(90-93(79(12,13)14,63-33-25-19-26-34-63)64-35-27-20-28-36-64)75-74(87-67)73(89-92(78(9,10)11,61-29-21-17-22-30-61)62-31-23-18-24-32-62)71(88-75)48-56(80)37-38-58-45-53(3)66(83-58)41-39-59-44-52(2)54(4)69(84-59)49-70(65)86-68/h17-38,51-52,55-56,58-60,65-76,80H,3-4,39-50H2,1-2,5-16H3/b38-37+/t51-,52+,55+,56?,58-,59-,60?,65+,66?,67-,68+,69?,70-,71+,72-,73-,74-,75+,76-/m0/s1. The Morgan fingerprint density at radius 3 is 1.62 bits per heavy atom. The zero-order valence-corrected chi connectivity index (χ0v) is 61.6. The molecule has 6 saturated heterocycles. The maximum absolute atomic E-state index is 15.4. The molecule has 0 amide bonds. The van der Waals surface area contributed by atoms with Crippen LogP contribution in [0.5, 0.6) is 0 Å². The minimum atomic E-state index is -3.37. The molecule has 93 heavy (non-hydrogen) atoms. The number of aliphatic hydroxyl groups excluding tert-OH is 1. The van der Waals surface area contributed by atoms with Gasteiger partial charge in [-0.05, 0) is 122 Å². The lowest BCUT2D eigenvalue weighted by Gasteiger charge is -2.53. The lowest BCUT2D eigenvalue weighted by Crippen LogP contribution is -2.73. The third-order valence-corrected chi connectivity index (χ3v) is 37.5. The zero-order valence-electron chi connectivity index (χ0n) is 58.6. The fraction of sp³-hybridized carbons (Fsp3) is 0.608. The second-order valence-corrected chi connectivity index (χ2v) is 46.0. The fourth-order valence-corrected chi connectivity index (χ4v) is 27.2. The molecular formula is C79H112O11Si3. The second kappa shape index (κ2) is 28.5. The number of rotatable bonds is 13. The number of fused-ring (bicyclic) bond motifs is 7. The number of ether oxygens (including phenoxy) is 6. The smallest absolute Gasteiger partial charge is 0.261 e. The Morgan fingerprint density at radius 1 is 0.548 bits per heavy atom. The number of carbonyl (C=O) groups excluding carboxylic acids is 1. The van der Waals surface area contributed by atoms with E-state index in [0.29, 0.717) is 38.7 Å². The van der Waals surface area contributed by atoms with Gasteiger partial charge in [0.05, 0.1) is 61.0 Å². The van der Waals surface area contributed by atoms with Gasteiger partial charge in [-0.15, -0.1) is 0 Å². The van der Waals surface area contributed by atoms with Crippen molar-refractivity contribution in [1.29, 1.82) is 0 Å². The molecule has 0 saturated carbocycles. The SMILES string of the molecule is C=C1C[C@@H]2/C=C/C(O)C[C@H]3O[C@H]4[C@@H](O[Si](c5ccccc5)(c5ccccc5)C(C)(C)C)[C@H]5OC(CC[C@@H]5O[C@H]4[C@H]3O[Si](c3ccccc3)(c3ccccc3)C(C)(C)C)CC(=O)C[C@@H]3[C@@H](C)[C@@H](C[C@H](C)CO[Si](C)(C)C(C)(C)C)O[C@H]3CC3O[C@@H](CCC1O2)C[C@@H](C)C3=C. The zero-order chi connectivity index (χ0) is 66.4. The summed E-state index contributed by atoms with van der Waals surface area (Å²) < 4.78 is 67.8. The van der Waals surface area contributed by atoms with Gasteiger partial charge in [0, 0.05) is 38.7 Å². The molecule has 0 spiro atoms. The Hall–Kier alpha value is -3.98. The van der Waals surface area contributed by atoms with Crippen LogP contribution < -0.4 is 20.7 Å². The molecule has 11 nitrogen and oxygen atoms in total. The van der Waals surface area contributed by atoms with Gasteiger partial charge in [-0.25, -0.2) is 0 Å². The van der Waals surface area contributed by atoms with Gasteiger partial charge in [0.25, 0.3) is 16.6 Å². The van der Waals surface area contributed by atoms with Crippen LogP contribution >= 0.6 is 0 Å². The fourth-order valence-electron chi connectivity index (χ4n) is 16.7. The average Bonchev–Trinajstić information content (AvgIpc) is 1.71. The van der Waals surface area contributed by atoms with Crippen LogP contribution in [0, 0.1) is 23.7 Å². The molecule has 506 valence electrons. The van der Waals surface area contributed by atoms with E-state index in [-0.39, 0.29) is 89.0 Å². The Morgan fingerprint density at radius 2 is 1.08 bits per heavy atom. The van der Waals surface area contributed by atoms with Gasteiger partial charge in [-0.1, -0.05) is 230 Å². The summed E-state index contributed by atoms with van der Waals surface area (Å²) in [6.45, 7) is 42.2. The highest BCUT2D eigenvalue weighted by Gasteiger charge is 2.65. The number of carbonyl (C=O) groups is 1. The van der Waals surface area contributed by atoms with Crippen LogP contribution in [0.4, 0.5) is 0 Å². The second-order valence-electron chi connectivity index (χ2n) is 32.6. The van der Waals surface area contributed by atoms with E-state index in [9.17, 15) is 5.11 Å². The predicted molar refractivity (Wildman–Crippen MR) is 380 cm³/mol. The quantitative estimate of drug-likeness (QED) is 0.102. The molecule has 0 radical (unpaired) electrons. The first-order valence-electron chi connectivity index (χ1n) is 35.5. The van der Waals surface area contributed by atoms with Crippen LogP contribution in [-0.4, -0.2) is 134 Å². The average molecular weight is 1320 g/mol. The van der Waals surface area contributed by atoms with Crippen molar-refractivity contribution in [2.45, 2.75) is 273 Å². The molecule has 1 N–H and O–H groups in total. The highest BCUT2D eigenvalue weighted by atomic mass is 28.4. The van der Waals surface area contributed by atoms with E-state index in [1.807, 2.05) is 12.2 Å². The molecule has 7 aliphatic heterocycles. The predicted octanol–water partition coefficient (Wildman–Crippen LogP) is 13.9.